The Bertz CT molecular complexity index is 1530. The van der Waals surface area contributed by atoms with Crippen molar-refractivity contribution in [3.8, 4) is 0 Å². The van der Waals surface area contributed by atoms with Gasteiger partial charge in [-0.15, -0.1) is 0 Å². The van der Waals surface area contributed by atoms with Crippen LogP contribution in [0.3, 0.4) is 0 Å². The number of aliphatic imine (C=N–C) groups is 1. The van der Waals surface area contributed by atoms with Crippen molar-refractivity contribution in [2.75, 3.05) is 25.0 Å². The molecule has 0 spiro atoms. The van der Waals surface area contributed by atoms with E-state index in [1.54, 1.807) is 0 Å². The summed E-state index contributed by atoms with van der Waals surface area (Å²) in [5.74, 6) is 4.08. The van der Waals surface area contributed by atoms with E-state index in [2.05, 4.69) is 73.6 Å². The summed E-state index contributed by atoms with van der Waals surface area (Å²) in [6, 6.07) is 17.3. The van der Waals surface area contributed by atoms with Crippen LogP contribution in [0, 0.1) is 23.2 Å². The molecule has 2 aromatic carbocycles. The first kappa shape index (κ1) is 26.7. The van der Waals surface area contributed by atoms with Gasteiger partial charge < -0.3 is 15.5 Å². The highest BCUT2D eigenvalue weighted by Gasteiger charge is 2.56. The number of nitrogens with zero attached hydrogens (tertiary/aromatic N) is 4. The number of fused-ring (bicyclic) bond motifs is 4. The van der Waals surface area contributed by atoms with Crippen molar-refractivity contribution in [1.29, 1.82) is 0 Å². The van der Waals surface area contributed by atoms with Gasteiger partial charge in [0.15, 0.2) is 5.96 Å². The number of aromatic nitrogens is 2. The van der Waals surface area contributed by atoms with Crippen LogP contribution in [0.5, 0.6) is 0 Å². The quantitative estimate of drug-likeness (QED) is 0.334. The lowest BCUT2D eigenvalue weighted by atomic mass is 9.45. The van der Waals surface area contributed by atoms with Crippen molar-refractivity contribution in [2.24, 2.45) is 28.2 Å². The zero-order chi connectivity index (χ0) is 28.3. The topological polar surface area (TPSA) is 74.5 Å². The van der Waals surface area contributed by atoms with Crippen molar-refractivity contribution < 1.29 is 0 Å². The average Bonchev–Trinajstić information content (AvgIpc) is 2.97. The van der Waals surface area contributed by atoms with Gasteiger partial charge in [-0.2, -0.15) is 0 Å². The van der Waals surface area contributed by atoms with E-state index < -0.39 is 0 Å². The van der Waals surface area contributed by atoms with Crippen LogP contribution < -0.4 is 16.2 Å². The van der Waals surface area contributed by atoms with Crippen LogP contribution >= 0.6 is 0 Å². The van der Waals surface area contributed by atoms with Crippen LogP contribution in [0.2, 0.25) is 0 Å². The maximum Gasteiger partial charge on any atom is 0.261 e. The van der Waals surface area contributed by atoms with Crippen LogP contribution in [0.25, 0.3) is 10.9 Å². The number of rotatable bonds is 3. The van der Waals surface area contributed by atoms with Crippen LogP contribution in [0.1, 0.15) is 70.7 Å². The molecule has 3 heterocycles. The number of benzene rings is 2. The summed E-state index contributed by atoms with van der Waals surface area (Å²) < 4.78 is 1.91. The van der Waals surface area contributed by atoms with Crippen molar-refractivity contribution in [2.45, 2.75) is 77.9 Å². The van der Waals surface area contributed by atoms with Crippen LogP contribution in [-0.2, 0) is 6.54 Å². The minimum Gasteiger partial charge on any atom is -0.340 e. The Morgan fingerprint density at radius 2 is 1.93 bits per heavy atom. The summed E-state index contributed by atoms with van der Waals surface area (Å²) in [6.45, 7) is 13.1. The molecular weight excluding hydrogens is 508 g/mol. The monoisotopic (exact) mass is 552 g/mol. The molecule has 3 saturated carbocycles. The predicted molar refractivity (Wildman–Crippen MR) is 167 cm³/mol. The van der Waals surface area contributed by atoms with Gasteiger partial charge >= 0.3 is 0 Å². The van der Waals surface area contributed by atoms with Gasteiger partial charge in [-0.05, 0) is 79.5 Å². The summed E-state index contributed by atoms with van der Waals surface area (Å²) in [5, 5.41) is 7.98. The van der Waals surface area contributed by atoms with Gasteiger partial charge in [0, 0.05) is 43.8 Å². The molecule has 2 N–H and O–H groups in total. The molecule has 2 bridgehead atoms. The lowest BCUT2D eigenvalue weighted by Crippen LogP contribution is -2.57. The number of hydrogen-bond donors (Lipinski definition) is 2. The van der Waals surface area contributed by atoms with E-state index in [1.807, 2.05) is 22.8 Å². The van der Waals surface area contributed by atoms with E-state index in [9.17, 15) is 4.79 Å². The maximum absolute atomic E-state index is 13.6. The normalized spacial score (nSPS) is 30.9. The molecule has 7 heteroatoms. The first-order valence-corrected chi connectivity index (χ1v) is 15.7. The smallest absolute Gasteiger partial charge is 0.261 e. The molecule has 3 aromatic rings. The Morgan fingerprint density at radius 1 is 1.10 bits per heavy atom. The fourth-order valence-corrected chi connectivity index (χ4v) is 8.28. The number of hydrogen-bond acceptors (Lipinski definition) is 4. The standard InChI is InChI=1S/C34H44N6O/c1-21-20-39(16-14-35-21)33(38-29-18-24-17-28(22(29)2)34(24,3)4)36-25-12-13-27-30(19-25)37-31-26(23-9-6-5-7-10-23)11-8-15-40(31)32(27)41/h5-7,9-10,12-13,19,21-22,24,26,28-29,35H,8,11,14-18,20H2,1-4H3,(H,36,38)/t21-,22-,24-,26?,28+,29-/m0/s1. The van der Waals surface area contributed by atoms with Gasteiger partial charge in [0.25, 0.3) is 5.56 Å². The van der Waals surface area contributed by atoms with Crippen molar-refractivity contribution in [1.82, 2.24) is 19.8 Å². The molecule has 216 valence electrons. The second-order valence-electron chi connectivity index (χ2n) is 13.7. The molecule has 1 saturated heterocycles. The summed E-state index contributed by atoms with van der Waals surface area (Å²) in [6.07, 6.45) is 4.52. The first-order valence-electron chi connectivity index (χ1n) is 15.7. The van der Waals surface area contributed by atoms with Crippen LogP contribution in [-0.4, -0.2) is 52.1 Å². The molecule has 5 aliphatic rings. The molecule has 41 heavy (non-hydrogen) atoms. The Hall–Kier alpha value is -3.19. The van der Waals surface area contributed by atoms with E-state index in [0.717, 1.165) is 73.8 Å². The second-order valence-corrected chi connectivity index (χ2v) is 13.7. The van der Waals surface area contributed by atoms with Gasteiger partial charge in [0.05, 0.1) is 16.9 Å². The molecule has 2 aliphatic heterocycles. The molecule has 8 rings (SSSR count). The van der Waals surface area contributed by atoms with Crippen LogP contribution in [0.4, 0.5) is 5.69 Å². The van der Waals surface area contributed by atoms with Crippen molar-refractivity contribution >= 4 is 22.5 Å². The highest BCUT2D eigenvalue weighted by atomic mass is 16.1. The highest BCUT2D eigenvalue weighted by Crippen LogP contribution is 2.61. The fourth-order valence-electron chi connectivity index (χ4n) is 8.28. The molecular formula is C34H44N6O. The van der Waals surface area contributed by atoms with Crippen molar-refractivity contribution in [3.05, 3.63) is 70.3 Å². The predicted octanol–water partition coefficient (Wildman–Crippen LogP) is 5.45. The zero-order valence-electron chi connectivity index (χ0n) is 24.9. The summed E-state index contributed by atoms with van der Waals surface area (Å²) in [5.41, 5.74) is 3.44. The third-order valence-corrected chi connectivity index (χ3v) is 10.9. The Morgan fingerprint density at radius 3 is 2.68 bits per heavy atom. The molecule has 7 nitrogen and oxygen atoms in total. The third kappa shape index (κ3) is 4.66. The van der Waals surface area contributed by atoms with Crippen LogP contribution in [0.15, 0.2) is 58.3 Å². The largest absolute Gasteiger partial charge is 0.340 e. The van der Waals surface area contributed by atoms with Gasteiger partial charge in [-0.25, -0.2) is 9.98 Å². The van der Waals surface area contributed by atoms with E-state index in [1.165, 1.54) is 18.4 Å². The van der Waals surface area contributed by atoms with E-state index >= 15 is 0 Å². The van der Waals surface area contributed by atoms with E-state index in [4.69, 9.17) is 9.98 Å². The Balaban J connectivity index is 1.24. The first-order chi connectivity index (χ1) is 19.8. The lowest BCUT2D eigenvalue weighted by molar-refractivity contribution is -0.108. The minimum absolute atomic E-state index is 0.0693. The number of guanidine groups is 1. The third-order valence-electron chi connectivity index (χ3n) is 10.9. The summed E-state index contributed by atoms with van der Waals surface area (Å²) in [7, 11) is 0. The molecule has 1 unspecified atom stereocenters. The van der Waals surface area contributed by atoms with Gasteiger partial charge in [0.2, 0.25) is 0 Å². The SMILES string of the molecule is C[C@@H]1[C@@H](/N=C(/Nc2ccc3c(=O)n4c(nc3c2)C(c2ccccc2)CCC4)N2CCN[C@@H](C)C2)C[C@@H]2C[C@H]1C2(C)C. The molecule has 4 fully saturated rings. The van der Waals surface area contributed by atoms with Gasteiger partial charge in [-0.1, -0.05) is 51.1 Å². The average molecular weight is 553 g/mol. The highest BCUT2D eigenvalue weighted by molar-refractivity contribution is 5.96. The number of anilines is 1. The zero-order valence-corrected chi connectivity index (χ0v) is 24.9. The maximum atomic E-state index is 13.6. The van der Waals surface area contributed by atoms with Crippen molar-refractivity contribution in [3.63, 3.8) is 0 Å². The summed E-state index contributed by atoms with van der Waals surface area (Å²) >= 11 is 0. The minimum atomic E-state index is 0.0693. The van der Waals surface area contributed by atoms with E-state index in [-0.39, 0.29) is 11.5 Å². The number of nitrogens with one attached hydrogen (secondary N) is 2. The Labute approximate surface area is 243 Å². The molecule has 3 aliphatic carbocycles. The number of piperazine rings is 1. The molecule has 1 aromatic heterocycles. The second kappa shape index (κ2) is 10.3. The molecule has 0 radical (unpaired) electrons. The lowest BCUT2D eigenvalue weighted by Gasteiger charge is -2.61. The Kier molecular flexibility index (Phi) is 6.68. The molecule has 0 amide bonds. The van der Waals surface area contributed by atoms with E-state index in [0.29, 0.717) is 28.8 Å². The molecule has 6 atom stereocenters. The summed E-state index contributed by atoms with van der Waals surface area (Å²) in [4.78, 5) is 26.6. The van der Waals surface area contributed by atoms with Gasteiger partial charge in [-0.3, -0.25) is 9.36 Å². The fraction of sp³-hybridized carbons (Fsp3) is 0.559. The van der Waals surface area contributed by atoms with Gasteiger partial charge in [0.1, 0.15) is 5.82 Å².